The van der Waals surface area contributed by atoms with E-state index in [4.69, 9.17) is 11.6 Å². The summed E-state index contributed by atoms with van der Waals surface area (Å²) in [4.78, 5) is 29.7. The molecule has 0 bridgehead atoms. The summed E-state index contributed by atoms with van der Waals surface area (Å²) in [6.45, 7) is 0.694. The standard InChI is InChI=1S/C20H28F2N10O2/c21-14(10-31(24)12-18(23)27-19(33)13-30-8-15(22)9-30)4-6-32-11-17(28-29-32)20(34)26-7-16-3-1-2-5-25-16/h1-3,5,11-12,14-15H,4,6-10,13,23-24H2,(H,26,34)(H,27,33)/b18-12+. The van der Waals surface area contributed by atoms with Gasteiger partial charge in [0.05, 0.1) is 37.7 Å². The van der Waals surface area contributed by atoms with Crippen molar-refractivity contribution in [2.75, 3.05) is 26.2 Å². The number of aryl methyl sites for hydroxylation is 1. The number of alkyl halides is 2. The summed E-state index contributed by atoms with van der Waals surface area (Å²) in [5, 5.41) is 13.8. The number of nitrogens with two attached hydrogens (primary N) is 2. The first-order valence-corrected chi connectivity index (χ1v) is 10.7. The van der Waals surface area contributed by atoms with Crippen LogP contribution in [0.25, 0.3) is 0 Å². The highest BCUT2D eigenvalue weighted by atomic mass is 19.1. The summed E-state index contributed by atoms with van der Waals surface area (Å²) in [5.41, 5.74) is 6.51. The zero-order valence-corrected chi connectivity index (χ0v) is 18.5. The number of carbonyl (C=O) groups is 2. The molecule has 1 fully saturated rings. The zero-order valence-electron chi connectivity index (χ0n) is 18.5. The fourth-order valence-corrected chi connectivity index (χ4v) is 3.17. The van der Waals surface area contributed by atoms with Crippen molar-refractivity contribution in [3.8, 4) is 0 Å². The van der Waals surface area contributed by atoms with Crippen LogP contribution in [0, 0.1) is 0 Å². The molecule has 0 spiro atoms. The van der Waals surface area contributed by atoms with Gasteiger partial charge in [0.15, 0.2) is 5.69 Å². The SMILES string of the molecule is N/C(=C\N(N)CC(F)CCn1cc(C(=O)NCc2ccccn2)nn1)NC(=O)CN1CC(F)C1. The minimum atomic E-state index is -1.34. The third-order valence-electron chi connectivity index (χ3n) is 4.88. The van der Waals surface area contributed by atoms with E-state index in [9.17, 15) is 18.4 Å². The first kappa shape index (κ1) is 25.0. The van der Waals surface area contributed by atoms with E-state index in [2.05, 4.69) is 25.9 Å². The Labute approximate surface area is 194 Å². The van der Waals surface area contributed by atoms with Gasteiger partial charge in [-0.1, -0.05) is 11.3 Å². The van der Waals surface area contributed by atoms with Crippen LogP contribution in [0.1, 0.15) is 22.6 Å². The molecule has 1 saturated heterocycles. The average molecular weight is 479 g/mol. The number of halogens is 2. The first-order valence-electron chi connectivity index (χ1n) is 10.7. The Morgan fingerprint density at radius 3 is 2.85 bits per heavy atom. The third kappa shape index (κ3) is 8.04. The van der Waals surface area contributed by atoms with Gasteiger partial charge in [0.2, 0.25) is 5.91 Å². The molecule has 0 aliphatic carbocycles. The number of pyridine rings is 1. The molecule has 1 aliphatic heterocycles. The highest BCUT2D eigenvalue weighted by Gasteiger charge is 2.27. The summed E-state index contributed by atoms with van der Waals surface area (Å²) < 4.78 is 28.5. The molecular weight excluding hydrogens is 450 g/mol. The molecule has 6 N–H and O–H groups in total. The lowest BCUT2D eigenvalue weighted by Gasteiger charge is -2.33. The van der Waals surface area contributed by atoms with Crippen molar-refractivity contribution in [1.29, 1.82) is 0 Å². The van der Waals surface area contributed by atoms with Gasteiger partial charge in [-0.3, -0.25) is 24.2 Å². The number of carbonyl (C=O) groups excluding carboxylic acids is 2. The van der Waals surface area contributed by atoms with E-state index in [1.54, 1.807) is 23.2 Å². The van der Waals surface area contributed by atoms with Gasteiger partial charge in [0, 0.05) is 32.3 Å². The quantitative estimate of drug-likeness (QED) is 0.222. The Morgan fingerprint density at radius 2 is 2.15 bits per heavy atom. The van der Waals surface area contributed by atoms with Crippen LogP contribution in [0.4, 0.5) is 8.78 Å². The van der Waals surface area contributed by atoms with E-state index in [0.29, 0.717) is 5.69 Å². The Hall–Kier alpha value is -3.65. The van der Waals surface area contributed by atoms with Crippen LogP contribution in [-0.4, -0.2) is 80.2 Å². The normalized spacial score (nSPS) is 15.4. The summed E-state index contributed by atoms with van der Waals surface area (Å²) in [5.74, 6) is 4.87. The van der Waals surface area contributed by atoms with Crippen molar-refractivity contribution in [2.45, 2.75) is 31.9 Å². The van der Waals surface area contributed by atoms with Gasteiger partial charge in [0.1, 0.15) is 18.2 Å². The van der Waals surface area contributed by atoms with Crippen LogP contribution >= 0.6 is 0 Å². The molecule has 1 unspecified atom stereocenters. The molecular formula is C20H28F2N10O2. The molecule has 0 radical (unpaired) electrons. The van der Waals surface area contributed by atoms with Gasteiger partial charge >= 0.3 is 0 Å². The van der Waals surface area contributed by atoms with E-state index >= 15 is 0 Å². The summed E-state index contributed by atoms with van der Waals surface area (Å²) in [6.07, 6.45) is 2.09. The molecule has 0 saturated carbocycles. The van der Waals surface area contributed by atoms with Crippen molar-refractivity contribution >= 4 is 11.8 Å². The number of nitrogens with one attached hydrogen (secondary N) is 2. The lowest BCUT2D eigenvalue weighted by atomic mass is 10.2. The molecule has 1 atom stereocenters. The van der Waals surface area contributed by atoms with Crippen molar-refractivity contribution in [2.24, 2.45) is 11.6 Å². The first-order chi connectivity index (χ1) is 16.3. The minimum Gasteiger partial charge on any atom is -0.384 e. The Morgan fingerprint density at radius 1 is 1.35 bits per heavy atom. The molecule has 3 heterocycles. The fourth-order valence-electron chi connectivity index (χ4n) is 3.17. The van der Waals surface area contributed by atoms with Crippen LogP contribution in [0.3, 0.4) is 0 Å². The van der Waals surface area contributed by atoms with Crippen LogP contribution in [0.15, 0.2) is 42.6 Å². The van der Waals surface area contributed by atoms with Crippen molar-refractivity contribution < 1.29 is 18.4 Å². The molecule has 2 aromatic rings. The lowest BCUT2D eigenvalue weighted by molar-refractivity contribution is -0.123. The number of hydrogen-bond acceptors (Lipinski definition) is 9. The van der Waals surface area contributed by atoms with Gasteiger partial charge < -0.3 is 21.4 Å². The predicted octanol–water partition coefficient (Wildman–Crippen LogP) is -0.965. The van der Waals surface area contributed by atoms with Crippen LogP contribution < -0.4 is 22.2 Å². The molecule has 2 amide bonds. The maximum atomic E-state index is 14.3. The molecule has 3 rings (SSSR count). The summed E-state index contributed by atoms with van der Waals surface area (Å²) >= 11 is 0. The monoisotopic (exact) mass is 478 g/mol. The molecule has 0 aromatic carbocycles. The largest absolute Gasteiger partial charge is 0.384 e. The molecule has 14 heteroatoms. The van der Waals surface area contributed by atoms with Crippen molar-refractivity contribution in [3.05, 3.63) is 54.0 Å². The minimum absolute atomic E-state index is 0.0202. The van der Waals surface area contributed by atoms with Gasteiger partial charge in [-0.15, -0.1) is 5.10 Å². The molecule has 1 aliphatic rings. The lowest BCUT2D eigenvalue weighted by Crippen LogP contribution is -2.52. The molecule has 184 valence electrons. The predicted molar refractivity (Wildman–Crippen MR) is 118 cm³/mol. The van der Waals surface area contributed by atoms with Crippen LogP contribution in [0.5, 0.6) is 0 Å². The highest BCUT2D eigenvalue weighted by molar-refractivity contribution is 5.91. The molecule has 12 nitrogen and oxygen atoms in total. The fraction of sp³-hybridized carbons (Fsp3) is 0.450. The van der Waals surface area contributed by atoms with E-state index in [1.165, 1.54) is 17.1 Å². The van der Waals surface area contributed by atoms with Gasteiger partial charge in [0.25, 0.3) is 5.91 Å². The van der Waals surface area contributed by atoms with E-state index in [1.807, 2.05) is 6.07 Å². The average Bonchev–Trinajstić information content (AvgIpc) is 3.24. The summed E-state index contributed by atoms with van der Waals surface area (Å²) in [7, 11) is 0. The number of amides is 2. The summed E-state index contributed by atoms with van der Waals surface area (Å²) in [6, 6.07) is 5.38. The van der Waals surface area contributed by atoms with Gasteiger partial charge in [-0.25, -0.2) is 14.6 Å². The van der Waals surface area contributed by atoms with Crippen molar-refractivity contribution in [3.63, 3.8) is 0 Å². The third-order valence-corrected chi connectivity index (χ3v) is 4.88. The number of hydrazine groups is 1. The number of aromatic nitrogens is 4. The number of likely N-dealkylation sites (tertiary alicyclic amines) is 1. The van der Waals surface area contributed by atoms with Gasteiger partial charge in [-0.2, -0.15) is 0 Å². The zero-order chi connectivity index (χ0) is 24.5. The second kappa shape index (κ2) is 12.0. The topological polar surface area (TPSA) is 160 Å². The molecule has 2 aromatic heterocycles. The van der Waals surface area contributed by atoms with Crippen molar-refractivity contribution in [1.82, 2.24) is 40.5 Å². The molecule has 34 heavy (non-hydrogen) atoms. The smallest absolute Gasteiger partial charge is 0.273 e. The van der Waals surface area contributed by atoms with Crippen LogP contribution in [-0.2, 0) is 17.9 Å². The van der Waals surface area contributed by atoms with E-state index in [0.717, 1.165) is 5.01 Å². The maximum absolute atomic E-state index is 14.3. The number of hydrogen-bond donors (Lipinski definition) is 4. The van der Waals surface area contributed by atoms with Gasteiger partial charge in [-0.05, 0) is 12.1 Å². The van der Waals surface area contributed by atoms with E-state index < -0.39 is 24.2 Å². The van der Waals surface area contributed by atoms with E-state index in [-0.39, 0.29) is 57.2 Å². The van der Waals surface area contributed by atoms with Crippen LogP contribution in [0.2, 0.25) is 0 Å². The Kier molecular flexibility index (Phi) is 8.81. The Bertz CT molecular complexity index is 981. The number of rotatable bonds is 12. The maximum Gasteiger partial charge on any atom is 0.273 e. The second-order valence-corrected chi connectivity index (χ2v) is 7.88. The number of nitrogens with zero attached hydrogens (tertiary/aromatic N) is 6. The Balaban J connectivity index is 1.35. The second-order valence-electron chi connectivity index (χ2n) is 7.88. The highest BCUT2D eigenvalue weighted by Crippen LogP contribution is 2.09.